The number of nitrogens with zero attached hydrogens (tertiary/aromatic N) is 1. The van der Waals surface area contributed by atoms with E-state index in [1.165, 1.54) is 6.26 Å². The molecule has 0 unspecified atom stereocenters. The Labute approximate surface area is 158 Å². The number of benzene rings is 1. The van der Waals surface area contributed by atoms with Gasteiger partial charge in [-0.2, -0.15) is 0 Å². The van der Waals surface area contributed by atoms with Crippen LogP contribution in [-0.2, 0) is 11.2 Å². The van der Waals surface area contributed by atoms with Gasteiger partial charge in [0.1, 0.15) is 11.5 Å². The van der Waals surface area contributed by atoms with Gasteiger partial charge in [-0.05, 0) is 43.2 Å². The first-order valence-electron chi connectivity index (χ1n) is 8.93. The molecule has 7 nitrogen and oxygen atoms in total. The summed E-state index contributed by atoms with van der Waals surface area (Å²) >= 11 is 0. The van der Waals surface area contributed by atoms with Gasteiger partial charge in [-0.1, -0.05) is 0 Å². The lowest BCUT2D eigenvalue weighted by Gasteiger charge is -2.32. The minimum atomic E-state index is -0.106. The molecule has 0 atom stereocenters. The molecule has 0 radical (unpaired) electrons. The van der Waals surface area contributed by atoms with Crippen molar-refractivity contribution in [3.63, 3.8) is 0 Å². The Morgan fingerprint density at radius 2 is 1.96 bits per heavy atom. The van der Waals surface area contributed by atoms with Crippen LogP contribution < -0.4 is 14.8 Å². The smallest absolute Gasteiger partial charge is 0.289 e. The van der Waals surface area contributed by atoms with E-state index in [1.54, 1.807) is 43.4 Å². The molecule has 1 saturated heterocycles. The van der Waals surface area contributed by atoms with Crippen molar-refractivity contribution in [1.29, 1.82) is 0 Å². The Kier molecular flexibility index (Phi) is 6.01. The van der Waals surface area contributed by atoms with Gasteiger partial charge in [0.2, 0.25) is 5.91 Å². The summed E-state index contributed by atoms with van der Waals surface area (Å²) in [7, 11) is 3.17. The third kappa shape index (κ3) is 4.61. The number of furan rings is 1. The second-order valence-electron chi connectivity index (χ2n) is 6.47. The van der Waals surface area contributed by atoms with Gasteiger partial charge in [0, 0.05) is 24.7 Å². The van der Waals surface area contributed by atoms with Gasteiger partial charge in [-0.15, -0.1) is 0 Å². The molecule has 0 spiro atoms. The van der Waals surface area contributed by atoms with E-state index in [9.17, 15) is 9.59 Å². The molecule has 7 heteroatoms. The van der Waals surface area contributed by atoms with Crippen LogP contribution in [0.15, 0.2) is 41.0 Å². The molecule has 144 valence electrons. The minimum absolute atomic E-state index is 0.0507. The van der Waals surface area contributed by atoms with E-state index < -0.39 is 0 Å². The quantitative estimate of drug-likeness (QED) is 0.841. The molecule has 0 saturated carbocycles. The van der Waals surface area contributed by atoms with Crippen molar-refractivity contribution < 1.29 is 23.5 Å². The molecule has 27 heavy (non-hydrogen) atoms. The van der Waals surface area contributed by atoms with Gasteiger partial charge in [0.15, 0.2) is 5.76 Å². The maximum atomic E-state index is 12.4. The second-order valence-corrected chi connectivity index (χ2v) is 6.47. The number of carbonyl (C=O) groups excluding carboxylic acids is 2. The summed E-state index contributed by atoms with van der Waals surface area (Å²) in [6, 6.07) is 8.81. The minimum Gasteiger partial charge on any atom is -0.497 e. The molecule has 2 aromatic rings. The van der Waals surface area contributed by atoms with Gasteiger partial charge in [-0.25, -0.2) is 0 Å². The Bertz CT molecular complexity index is 780. The molecule has 1 N–H and O–H groups in total. The first-order chi connectivity index (χ1) is 13.1. The van der Waals surface area contributed by atoms with Crippen LogP contribution in [0.1, 0.15) is 29.0 Å². The summed E-state index contributed by atoms with van der Waals surface area (Å²) in [6.45, 7) is 1.18. The highest BCUT2D eigenvalue weighted by Gasteiger charge is 2.26. The number of hydrogen-bond donors (Lipinski definition) is 1. The molecule has 3 rings (SSSR count). The van der Waals surface area contributed by atoms with Crippen LogP contribution >= 0.6 is 0 Å². The zero-order valence-electron chi connectivity index (χ0n) is 15.6. The SMILES string of the molecule is COc1ccc(OC)c(CC(=O)NC2CCN(C(=O)c3ccco3)CC2)c1. The van der Waals surface area contributed by atoms with Crippen LogP contribution in [0, 0.1) is 0 Å². The lowest BCUT2D eigenvalue weighted by Crippen LogP contribution is -2.46. The fourth-order valence-electron chi connectivity index (χ4n) is 3.25. The topological polar surface area (TPSA) is 81.0 Å². The maximum Gasteiger partial charge on any atom is 0.289 e. The summed E-state index contributed by atoms with van der Waals surface area (Å²) in [6.07, 6.45) is 3.14. The number of rotatable bonds is 6. The molecular weight excluding hydrogens is 348 g/mol. The molecule has 0 aliphatic carbocycles. The van der Waals surface area contributed by atoms with Gasteiger partial charge in [-0.3, -0.25) is 9.59 Å². The van der Waals surface area contributed by atoms with E-state index in [2.05, 4.69) is 5.32 Å². The Balaban J connectivity index is 1.52. The summed E-state index contributed by atoms with van der Waals surface area (Å²) in [5, 5.41) is 3.05. The average Bonchev–Trinajstić information content (AvgIpc) is 3.22. The Morgan fingerprint density at radius 1 is 1.19 bits per heavy atom. The van der Waals surface area contributed by atoms with Crippen molar-refractivity contribution in [2.75, 3.05) is 27.3 Å². The molecule has 2 amide bonds. The predicted molar refractivity (Wildman–Crippen MR) is 99.0 cm³/mol. The summed E-state index contributed by atoms with van der Waals surface area (Å²) in [4.78, 5) is 26.5. The standard InChI is InChI=1S/C20H24N2O5/c1-25-16-5-6-17(26-2)14(12-16)13-19(23)21-15-7-9-22(10-8-15)20(24)18-4-3-11-27-18/h3-6,11-12,15H,7-10,13H2,1-2H3,(H,21,23). The van der Waals surface area contributed by atoms with E-state index in [0.29, 0.717) is 43.2 Å². The fourth-order valence-corrected chi connectivity index (χ4v) is 3.25. The van der Waals surface area contributed by atoms with Gasteiger partial charge >= 0.3 is 0 Å². The zero-order valence-corrected chi connectivity index (χ0v) is 15.6. The van der Waals surface area contributed by atoms with Crippen LogP contribution in [-0.4, -0.2) is 50.1 Å². The zero-order chi connectivity index (χ0) is 19.2. The number of amides is 2. The highest BCUT2D eigenvalue weighted by atomic mass is 16.5. The molecule has 2 heterocycles. The molecule has 1 aromatic heterocycles. The lowest BCUT2D eigenvalue weighted by atomic mass is 10.0. The normalized spacial score (nSPS) is 14.7. The third-order valence-electron chi connectivity index (χ3n) is 4.72. The van der Waals surface area contributed by atoms with Crippen LogP contribution in [0.3, 0.4) is 0 Å². The number of carbonyl (C=O) groups is 2. The second kappa shape index (κ2) is 8.62. The highest BCUT2D eigenvalue weighted by Crippen LogP contribution is 2.24. The van der Waals surface area contributed by atoms with E-state index in [0.717, 1.165) is 5.56 Å². The van der Waals surface area contributed by atoms with Crippen LogP contribution in [0.2, 0.25) is 0 Å². The molecule has 0 bridgehead atoms. The Morgan fingerprint density at radius 3 is 2.59 bits per heavy atom. The van der Waals surface area contributed by atoms with Crippen LogP contribution in [0.25, 0.3) is 0 Å². The fraction of sp³-hybridized carbons (Fsp3) is 0.400. The molecular formula is C20H24N2O5. The summed E-state index contributed by atoms with van der Waals surface area (Å²) in [5.74, 6) is 1.51. The highest BCUT2D eigenvalue weighted by molar-refractivity contribution is 5.91. The summed E-state index contributed by atoms with van der Waals surface area (Å²) < 4.78 is 15.7. The largest absolute Gasteiger partial charge is 0.497 e. The molecule has 1 aliphatic heterocycles. The van der Waals surface area contributed by atoms with E-state index in [-0.39, 0.29) is 24.3 Å². The predicted octanol–water partition coefficient (Wildman–Crippen LogP) is 2.26. The number of methoxy groups -OCH3 is 2. The van der Waals surface area contributed by atoms with Gasteiger partial charge in [0.25, 0.3) is 5.91 Å². The van der Waals surface area contributed by atoms with Crippen molar-refractivity contribution >= 4 is 11.8 Å². The van der Waals surface area contributed by atoms with Crippen molar-refractivity contribution in [3.8, 4) is 11.5 Å². The molecule has 1 aromatic carbocycles. The van der Waals surface area contributed by atoms with Crippen LogP contribution in [0.5, 0.6) is 11.5 Å². The van der Waals surface area contributed by atoms with Gasteiger partial charge < -0.3 is 24.1 Å². The van der Waals surface area contributed by atoms with Gasteiger partial charge in [0.05, 0.1) is 26.9 Å². The molecule has 1 aliphatic rings. The van der Waals surface area contributed by atoms with Crippen LogP contribution in [0.4, 0.5) is 0 Å². The van der Waals surface area contributed by atoms with E-state index in [1.807, 2.05) is 6.07 Å². The number of ether oxygens (including phenoxy) is 2. The monoisotopic (exact) mass is 372 g/mol. The maximum absolute atomic E-state index is 12.4. The number of likely N-dealkylation sites (tertiary alicyclic amines) is 1. The van der Waals surface area contributed by atoms with Crippen molar-refractivity contribution in [3.05, 3.63) is 47.9 Å². The number of piperidine rings is 1. The number of hydrogen-bond acceptors (Lipinski definition) is 5. The Hall–Kier alpha value is -2.96. The third-order valence-corrected chi connectivity index (χ3v) is 4.72. The van der Waals surface area contributed by atoms with Crippen molar-refractivity contribution in [1.82, 2.24) is 10.2 Å². The molecule has 1 fully saturated rings. The van der Waals surface area contributed by atoms with E-state index >= 15 is 0 Å². The number of nitrogens with one attached hydrogen (secondary N) is 1. The van der Waals surface area contributed by atoms with Crippen molar-refractivity contribution in [2.45, 2.75) is 25.3 Å². The van der Waals surface area contributed by atoms with Crippen molar-refractivity contribution in [2.24, 2.45) is 0 Å². The average molecular weight is 372 g/mol. The first-order valence-corrected chi connectivity index (χ1v) is 8.93. The first kappa shape index (κ1) is 18.8. The van der Waals surface area contributed by atoms with E-state index in [4.69, 9.17) is 13.9 Å². The lowest BCUT2D eigenvalue weighted by molar-refractivity contribution is -0.121. The summed E-state index contributed by atoms with van der Waals surface area (Å²) in [5.41, 5.74) is 0.778.